The van der Waals surface area contributed by atoms with Gasteiger partial charge >= 0.3 is 5.63 Å². The lowest BCUT2D eigenvalue weighted by atomic mass is 10.1. The number of carbonyl (C=O) groups is 1. The molecule has 0 saturated heterocycles. The van der Waals surface area contributed by atoms with E-state index in [9.17, 15) is 9.59 Å². The molecule has 1 N–H and O–H groups in total. The fourth-order valence-electron chi connectivity index (χ4n) is 3.18. The van der Waals surface area contributed by atoms with Crippen molar-refractivity contribution in [1.82, 2.24) is 14.9 Å². The molecule has 3 aromatic heterocycles. The van der Waals surface area contributed by atoms with Crippen LogP contribution in [0.4, 0.5) is 0 Å². The van der Waals surface area contributed by atoms with Crippen molar-refractivity contribution in [2.75, 3.05) is 13.7 Å². The van der Waals surface area contributed by atoms with Gasteiger partial charge in [-0.3, -0.25) is 4.79 Å². The molecule has 3 heterocycles. The van der Waals surface area contributed by atoms with Crippen LogP contribution in [0.25, 0.3) is 22.0 Å². The molecule has 0 aliphatic heterocycles. The number of hydrogen-bond donors (Lipinski definition) is 1. The van der Waals surface area contributed by atoms with Gasteiger partial charge in [-0.1, -0.05) is 12.1 Å². The molecule has 0 unspecified atom stereocenters. The van der Waals surface area contributed by atoms with Gasteiger partial charge in [0.1, 0.15) is 11.2 Å². The molecule has 0 aliphatic rings. The molecule has 7 heteroatoms. The molecule has 1 aromatic carbocycles. The minimum absolute atomic E-state index is 0.0196. The molecule has 1 amide bonds. The zero-order valence-corrected chi connectivity index (χ0v) is 15.3. The molecule has 0 radical (unpaired) electrons. The Kier molecular flexibility index (Phi) is 4.80. The van der Waals surface area contributed by atoms with Crippen LogP contribution in [0, 0.1) is 0 Å². The second-order valence-electron chi connectivity index (χ2n) is 6.36. The van der Waals surface area contributed by atoms with Gasteiger partial charge in [0, 0.05) is 36.3 Å². The molecule has 0 aliphatic carbocycles. The largest absolute Gasteiger partial charge is 0.493 e. The highest BCUT2D eigenvalue weighted by molar-refractivity contribution is 5.97. The molecular weight excluding hydrogens is 358 g/mol. The molecule has 0 spiro atoms. The highest BCUT2D eigenvalue weighted by atomic mass is 16.5. The number of hydrogen-bond acceptors (Lipinski definition) is 5. The van der Waals surface area contributed by atoms with Gasteiger partial charge in [-0.2, -0.15) is 0 Å². The Balaban J connectivity index is 1.42. The number of methoxy groups -OCH3 is 1. The topological polar surface area (TPSA) is 86.4 Å². The van der Waals surface area contributed by atoms with Crippen LogP contribution in [0.5, 0.6) is 5.75 Å². The van der Waals surface area contributed by atoms with E-state index in [1.54, 1.807) is 24.4 Å². The average molecular weight is 377 g/mol. The number of rotatable bonds is 6. The standard InChI is InChI=1S/C21H19N3O4/c1-27-17-7-2-5-15-13-16(21(26)28-18(15)17)20(25)23-10-4-11-24-12-8-14-6-3-9-22-19(14)24/h2-3,5-9,12-13H,4,10-11H2,1H3,(H,23,25). The summed E-state index contributed by atoms with van der Waals surface area (Å²) in [6.45, 7) is 1.14. The zero-order chi connectivity index (χ0) is 19.5. The van der Waals surface area contributed by atoms with E-state index in [2.05, 4.69) is 10.3 Å². The molecule has 4 aromatic rings. The van der Waals surface area contributed by atoms with Gasteiger partial charge in [0.25, 0.3) is 5.91 Å². The van der Waals surface area contributed by atoms with Crippen molar-refractivity contribution in [3.8, 4) is 5.75 Å². The maximum atomic E-state index is 12.4. The summed E-state index contributed by atoms with van der Waals surface area (Å²) in [4.78, 5) is 29.0. The van der Waals surface area contributed by atoms with Gasteiger partial charge in [0.2, 0.25) is 0 Å². The number of amides is 1. The second-order valence-corrected chi connectivity index (χ2v) is 6.36. The van der Waals surface area contributed by atoms with E-state index in [-0.39, 0.29) is 5.56 Å². The Morgan fingerprint density at radius 2 is 2.07 bits per heavy atom. The quantitative estimate of drug-likeness (QED) is 0.412. The highest BCUT2D eigenvalue weighted by Crippen LogP contribution is 2.24. The number of para-hydroxylation sites is 1. The van der Waals surface area contributed by atoms with Gasteiger partial charge in [-0.25, -0.2) is 9.78 Å². The Morgan fingerprint density at radius 1 is 1.21 bits per heavy atom. The molecule has 0 atom stereocenters. The first-order valence-electron chi connectivity index (χ1n) is 8.96. The Bertz CT molecular complexity index is 1210. The molecule has 142 valence electrons. The number of carbonyl (C=O) groups excluding carboxylic acids is 1. The number of aromatic nitrogens is 2. The van der Waals surface area contributed by atoms with Gasteiger partial charge in [0.05, 0.1) is 7.11 Å². The molecule has 7 nitrogen and oxygen atoms in total. The van der Waals surface area contributed by atoms with Crippen molar-refractivity contribution in [2.45, 2.75) is 13.0 Å². The molecule has 0 saturated carbocycles. The summed E-state index contributed by atoms with van der Waals surface area (Å²) in [5.74, 6) is 0.00285. The number of benzene rings is 1. The summed E-state index contributed by atoms with van der Waals surface area (Å²) in [5.41, 5.74) is 0.542. The molecular formula is C21H19N3O4. The smallest absolute Gasteiger partial charge is 0.349 e. The molecule has 0 bridgehead atoms. The average Bonchev–Trinajstić information content (AvgIpc) is 3.13. The van der Waals surface area contributed by atoms with E-state index >= 15 is 0 Å². The van der Waals surface area contributed by atoms with Crippen LogP contribution in [-0.2, 0) is 6.54 Å². The Hall–Kier alpha value is -3.61. The van der Waals surface area contributed by atoms with E-state index in [1.165, 1.54) is 13.2 Å². The lowest BCUT2D eigenvalue weighted by Crippen LogP contribution is -2.29. The summed E-state index contributed by atoms with van der Waals surface area (Å²) in [7, 11) is 1.50. The van der Waals surface area contributed by atoms with E-state index in [4.69, 9.17) is 9.15 Å². The molecule has 28 heavy (non-hydrogen) atoms. The van der Waals surface area contributed by atoms with E-state index < -0.39 is 11.5 Å². The number of fused-ring (bicyclic) bond motifs is 2. The molecule has 0 fully saturated rings. The first-order chi connectivity index (χ1) is 13.7. The maximum absolute atomic E-state index is 12.4. The predicted molar refractivity (Wildman–Crippen MR) is 106 cm³/mol. The number of nitrogens with one attached hydrogen (secondary N) is 1. The third-order valence-electron chi connectivity index (χ3n) is 4.57. The zero-order valence-electron chi connectivity index (χ0n) is 15.3. The maximum Gasteiger partial charge on any atom is 0.349 e. The summed E-state index contributed by atoms with van der Waals surface area (Å²) in [6, 6.07) is 12.7. The summed E-state index contributed by atoms with van der Waals surface area (Å²) in [6.07, 6.45) is 4.44. The second kappa shape index (κ2) is 7.56. The number of pyridine rings is 1. The van der Waals surface area contributed by atoms with Gasteiger partial charge < -0.3 is 19.0 Å². The fourth-order valence-corrected chi connectivity index (χ4v) is 3.18. The van der Waals surface area contributed by atoms with Gasteiger partial charge in [-0.15, -0.1) is 0 Å². The van der Waals surface area contributed by atoms with E-state index in [0.29, 0.717) is 36.2 Å². The Labute approximate surface area is 160 Å². The highest BCUT2D eigenvalue weighted by Gasteiger charge is 2.15. The minimum Gasteiger partial charge on any atom is -0.493 e. The summed E-state index contributed by atoms with van der Waals surface area (Å²) < 4.78 is 12.5. The van der Waals surface area contributed by atoms with Crippen molar-refractivity contribution in [1.29, 1.82) is 0 Å². The van der Waals surface area contributed by atoms with Crippen molar-refractivity contribution in [3.63, 3.8) is 0 Å². The van der Waals surface area contributed by atoms with Crippen molar-refractivity contribution >= 4 is 27.9 Å². The lowest BCUT2D eigenvalue weighted by Gasteiger charge is -2.08. The third-order valence-corrected chi connectivity index (χ3v) is 4.57. The summed E-state index contributed by atoms with van der Waals surface area (Å²) in [5, 5.41) is 4.49. The predicted octanol–water partition coefficient (Wildman–Crippen LogP) is 2.97. The monoisotopic (exact) mass is 377 g/mol. The third kappa shape index (κ3) is 3.34. The number of ether oxygens (including phenoxy) is 1. The van der Waals surface area contributed by atoms with Gasteiger partial charge in [-0.05, 0) is 36.8 Å². The van der Waals surface area contributed by atoms with Crippen LogP contribution in [0.3, 0.4) is 0 Å². The van der Waals surface area contributed by atoms with Crippen molar-refractivity contribution in [3.05, 3.63) is 70.8 Å². The minimum atomic E-state index is -0.685. The van der Waals surface area contributed by atoms with Crippen molar-refractivity contribution < 1.29 is 13.9 Å². The van der Waals surface area contributed by atoms with E-state index in [1.807, 2.05) is 29.0 Å². The lowest BCUT2D eigenvalue weighted by molar-refractivity contribution is 0.0949. The molecule has 4 rings (SSSR count). The van der Waals surface area contributed by atoms with Crippen molar-refractivity contribution in [2.24, 2.45) is 0 Å². The Morgan fingerprint density at radius 3 is 2.93 bits per heavy atom. The van der Waals surface area contributed by atoms with Crippen LogP contribution >= 0.6 is 0 Å². The fraction of sp³-hybridized carbons (Fsp3) is 0.190. The van der Waals surface area contributed by atoms with Crippen LogP contribution in [0.1, 0.15) is 16.8 Å². The van der Waals surface area contributed by atoms with Crippen LogP contribution in [0.2, 0.25) is 0 Å². The first kappa shape index (κ1) is 17.8. The first-order valence-corrected chi connectivity index (χ1v) is 8.96. The number of aryl methyl sites for hydroxylation is 1. The van der Waals surface area contributed by atoms with Crippen LogP contribution in [0.15, 0.2) is 64.1 Å². The normalized spacial score (nSPS) is 11.0. The number of nitrogens with zero attached hydrogens (tertiary/aromatic N) is 2. The van der Waals surface area contributed by atoms with E-state index in [0.717, 1.165) is 11.0 Å². The van der Waals surface area contributed by atoms with Gasteiger partial charge in [0.15, 0.2) is 11.3 Å². The SMILES string of the molecule is COc1cccc2cc(C(=O)NCCCn3ccc4cccnc43)c(=O)oc12. The summed E-state index contributed by atoms with van der Waals surface area (Å²) >= 11 is 0. The van der Waals surface area contributed by atoms with Crippen LogP contribution in [-0.4, -0.2) is 29.1 Å². The van der Waals surface area contributed by atoms with Crippen LogP contribution < -0.4 is 15.7 Å².